The first-order valence-electron chi connectivity index (χ1n) is 5.12. The van der Waals surface area contributed by atoms with Gasteiger partial charge in [0.25, 0.3) is 0 Å². The van der Waals surface area contributed by atoms with Crippen LogP contribution in [-0.4, -0.2) is 8.42 Å². The van der Waals surface area contributed by atoms with Crippen molar-refractivity contribution in [3.05, 3.63) is 48.5 Å². The van der Waals surface area contributed by atoms with Gasteiger partial charge in [0, 0.05) is 9.79 Å². The van der Waals surface area contributed by atoms with E-state index in [0.29, 0.717) is 0 Å². The van der Waals surface area contributed by atoms with Gasteiger partial charge < -0.3 is 5.73 Å². The van der Waals surface area contributed by atoms with Crippen LogP contribution >= 0.6 is 11.8 Å². The van der Waals surface area contributed by atoms with Gasteiger partial charge in [0.2, 0.25) is 10.0 Å². The number of sulfonamides is 1. The summed E-state index contributed by atoms with van der Waals surface area (Å²) in [6.07, 6.45) is 0. The summed E-state index contributed by atoms with van der Waals surface area (Å²) in [5.74, 6) is 0. The van der Waals surface area contributed by atoms with Gasteiger partial charge in [-0.25, -0.2) is 13.6 Å². The lowest BCUT2D eigenvalue weighted by molar-refractivity contribution is 0.598. The SMILES string of the molecule is Nc1cc(Sc2ccccc2)ccc1S(N)(=O)=O. The third-order valence-electron chi connectivity index (χ3n) is 2.27. The monoisotopic (exact) mass is 280 g/mol. The van der Waals surface area contributed by atoms with Crippen LogP contribution in [0.2, 0.25) is 0 Å². The number of rotatable bonds is 3. The predicted molar refractivity (Wildman–Crippen MR) is 72.8 cm³/mol. The minimum atomic E-state index is -3.76. The highest BCUT2D eigenvalue weighted by Crippen LogP contribution is 2.30. The van der Waals surface area contributed by atoms with Gasteiger partial charge in [0.05, 0.1) is 5.69 Å². The first kappa shape index (κ1) is 12.9. The molecule has 6 heteroatoms. The van der Waals surface area contributed by atoms with E-state index < -0.39 is 10.0 Å². The summed E-state index contributed by atoms with van der Waals surface area (Å²) in [4.78, 5) is 1.88. The first-order chi connectivity index (χ1) is 8.47. The highest BCUT2D eigenvalue weighted by molar-refractivity contribution is 7.99. The molecule has 2 rings (SSSR count). The van der Waals surface area contributed by atoms with Crippen LogP contribution in [0.5, 0.6) is 0 Å². The molecule has 0 aromatic heterocycles. The Morgan fingerprint density at radius 2 is 1.61 bits per heavy atom. The Morgan fingerprint density at radius 3 is 2.17 bits per heavy atom. The lowest BCUT2D eigenvalue weighted by Gasteiger charge is -2.06. The summed E-state index contributed by atoms with van der Waals surface area (Å²) in [7, 11) is -3.76. The molecule has 0 radical (unpaired) electrons. The average Bonchev–Trinajstić information content (AvgIpc) is 2.28. The molecule has 0 aliphatic rings. The highest BCUT2D eigenvalue weighted by Gasteiger charge is 2.12. The number of benzene rings is 2. The maximum atomic E-state index is 11.2. The smallest absolute Gasteiger partial charge is 0.240 e. The molecule has 2 aromatic rings. The molecule has 0 aliphatic heterocycles. The third-order valence-corrected chi connectivity index (χ3v) is 4.25. The molecule has 0 atom stereocenters. The molecule has 0 saturated heterocycles. The van der Waals surface area contributed by atoms with E-state index in [1.54, 1.807) is 12.1 Å². The fraction of sp³-hybridized carbons (Fsp3) is 0. The van der Waals surface area contributed by atoms with Gasteiger partial charge in [-0.15, -0.1) is 0 Å². The van der Waals surface area contributed by atoms with Crippen LogP contribution in [0.1, 0.15) is 0 Å². The summed E-state index contributed by atoms with van der Waals surface area (Å²) >= 11 is 1.51. The van der Waals surface area contributed by atoms with E-state index >= 15 is 0 Å². The molecular weight excluding hydrogens is 268 g/mol. The summed E-state index contributed by atoms with van der Waals surface area (Å²) in [5.41, 5.74) is 5.85. The summed E-state index contributed by atoms with van der Waals surface area (Å²) in [5, 5.41) is 5.05. The van der Waals surface area contributed by atoms with Crippen LogP contribution in [0.25, 0.3) is 0 Å². The molecule has 4 N–H and O–H groups in total. The van der Waals surface area contributed by atoms with Crippen molar-refractivity contribution in [3.63, 3.8) is 0 Å². The van der Waals surface area contributed by atoms with Crippen molar-refractivity contribution in [1.29, 1.82) is 0 Å². The van der Waals surface area contributed by atoms with Crippen molar-refractivity contribution in [2.75, 3.05) is 5.73 Å². The average molecular weight is 280 g/mol. The maximum Gasteiger partial charge on any atom is 0.240 e. The van der Waals surface area contributed by atoms with E-state index in [2.05, 4.69) is 0 Å². The van der Waals surface area contributed by atoms with E-state index in [-0.39, 0.29) is 10.6 Å². The zero-order valence-corrected chi connectivity index (χ0v) is 11.0. The minimum Gasteiger partial charge on any atom is -0.398 e. The molecule has 0 fully saturated rings. The lowest BCUT2D eigenvalue weighted by atomic mass is 10.3. The minimum absolute atomic E-state index is 0.0417. The van der Waals surface area contributed by atoms with Crippen molar-refractivity contribution >= 4 is 27.5 Å². The number of primary sulfonamides is 1. The Bertz CT molecular complexity index is 655. The summed E-state index contributed by atoms with van der Waals surface area (Å²) in [6, 6.07) is 14.5. The van der Waals surface area contributed by atoms with Crippen LogP contribution in [0.3, 0.4) is 0 Å². The number of anilines is 1. The van der Waals surface area contributed by atoms with Gasteiger partial charge in [-0.1, -0.05) is 30.0 Å². The van der Waals surface area contributed by atoms with Crippen molar-refractivity contribution in [3.8, 4) is 0 Å². The molecule has 0 heterocycles. The number of nitrogen functional groups attached to an aromatic ring is 1. The van der Waals surface area contributed by atoms with Crippen LogP contribution < -0.4 is 10.9 Å². The maximum absolute atomic E-state index is 11.2. The number of nitrogens with two attached hydrogens (primary N) is 2. The van der Waals surface area contributed by atoms with Crippen LogP contribution in [0, 0.1) is 0 Å². The molecule has 4 nitrogen and oxygen atoms in total. The summed E-state index contributed by atoms with van der Waals surface area (Å²) < 4.78 is 22.4. The fourth-order valence-electron chi connectivity index (χ4n) is 1.47. The molecule has 0 amide bonds. The van der Waals surface area contributed by atoms with Crippen LogP contribution in [0.15, 0.2) is 63.2 Å². The second-order valence-electron chi connectivity index (χ2n) is 3.66. The van der Waals surface area contributed by atoms with Crippen LogP contribution in [0.4, 0.5) is 5.69 Å². The molecule has 94 valence electrons. The Hall–Kier alpha value is -1.50. The first-order valence-corrected chi connectivity index (χ1v) is 7.48. The Labute approximate surface area is 110 Å². The van der Waals surface area contributed by atoms with Gasteiger partial charge in [0.15, 0.2) is 0 Å². The zero-order valence-electron chi connectivity index (χ0n) is 9.41. The van der Waals surface area contributed by atoms with Crippen molar-refractivity contribution < 1.29 is 8.42 Å². The molecule has 0 unspecified atom stereocenters. The largest absolute Gasteiger partial charge is 0.398 e. The molecule has 0 bridgehead atoms. The van der Waals surface area contributed by atoms with Gasteiger partial charge in [-0.05, 0) is 30.3 Å². The van der Waals surface area contributed by atoms with Crippen molar-refractivity contribution in [2.24, 2.45) is 5.14 Å². The van der Waals surface area contributed by atoms with E-state index in [1.807, 2.05) is 30.3 Å². The Balaban J connectivity index is 2.30. The van der Waals surface area contributed by atoms with E-state index in [4.69, 9.17) is 10.9 Å². The van der Waals surface area contributed by atoms with Crippen LogP contribution in [-0.2, 0) is 10.0 Å². The Kier molecular flexibility index (Phi) is 3.60. The number of hydrogen-bond acceptors (Lipinski definition) is 4. The molecule has 0 spiro atoms. The predicted octanol–water partition coefficient (Wildman–Crippen LogP) is 2.07. The lowest BCUT2D eigenvalue weighted by Crippen LogP contribution is -2.14. The molecule has 2 aromatic carbocycles. The van der Waals surface area contributed by atoms with E-state index in [0.717, 1.165) is 9.79 Å². The second kappa shape index (κ2) is 5.01. The standard InChI is InChI=1S/C12H12N2O2S2/c13-11-8-10(6-7-12(11)18(14,15)16)17-9-4-2-1-3-5-9/h1-8H,13H2,(H2,14,15,16). The molecule has 0 saturated carbocycles. The fourth-order valence-corrected chi connectivity index (χ4v) is 3.01. The summed E-state index contributed by atoms with van der Waals surface area (Å²) in [6.45, 7) is 0. The highest BCUT2D eigenvalue weighted by atomic mass is 32.2. The van der Waals surface area contributed by atoms with Crippen molar-refractivity contribution in [1.82, 2.24) is 0 Å². The molecular formula is C12H12N2O2S2. The topological polar surface area (TPSA) is 86.2 Å². The normalized spacial score (nSPS) is 11.4. The zero-order chi connectivity index (χ0) is 13.2. The number of hydrogen-bond donors (Lipinski definition) is 2. The van der Waals surface area contributed by atoms with Crippen molar-refractivity contribution in [2.45, 2.75) is 14.7 Å². The van der Waals surface area contributed by atoms with Gasteiger partial charge in [0.1, 0.15) is 4.90 Å². The van der Waals surface area contributed by atoms with E-state index in [9.17, 15) is 8.42 Å². The molecule has 18 heavy (non-hydrogen) atoms. The third kappa shape index (κ3) is 3.04. The van der Waals surface area contributed by atoms with E-state index in [1.165, 1.54) is 17.8 Å². The van der Waals surface area contributed by atoms with Gasteiger partial charge >= 0.3 is 0 Å². The molecule has 0 aliphatic carbocycles. The Morgan fingerprint density at radius 1 is 0.944 bits per heavy atom. The quantitative estimate of drug-likeness (QED) is 0.843. The van der Waals surface area contributed by atoms with Gasteiger partial charge in [-0.2, -0.15) is 0 Å². The van der Waals surface area contributed by atoms with Gasteiger partial charge in [-0.3, -0.25) is 0 Å². The second-order valence-corrected chi connectivity index (χ2v) is 6.34.